The van der Waals surface area contributed by atoms with Crippen molar-refractivity contribution in [3.05, 3.63) is 66.0 Å². The van der Waals surface area contributed by atoms with Gasteiger partial charge >= 0.3 is 0 Å². The normalized spacial score (nSPS) is 23.6. The number of pyridine rings is 1. The van der Waals surface area contributed by atoms with Gasteiger partial charge in [0.2, 0.25) is 0 Å². The molecule has 0 spiro atoms. The van der Waals surface area contributed by atoms with Crippen molar-refractivity contribution in [2.24, 2.45) is 0 Å². The van der Waals surface area contributed by atoms with Crippen molar-refractivity contribution in [1.29, 1.82) is 0 Å². The predicted molar refractivity (Wildman–Crippen MR) is 73.4 cm³/mol. The van der Waals surface area contributed by atoms with Gasteiger partial charge in [-0.05, 0) is 29.7 Å². The Bertz CT molecular complexity index is 529. The summed E-state index contributed by atoms with van der Waals surface area (Å²) in [5, 5.41) is 0. The summed E-state index contributed by atoms with van der Waals surface area (Å²) in [6, 6.07) is 13.8. The summed E-state index contributed by atoms with van der Waals surface area (Å²) in [6.07, 6.45) is 3.89. The predicted octanol–water partition coefficient (Wildman–Crippen LogP) is 3.15. The number of aromatic nitrogens is 1. The Labute approximate surface area is 112 Å². The van der Waals surface area contributed by atoms with Gasteiger partial charge < -0.3 is 0 Å². The molecular weight excluding hydrogens is 239 g/mol. The van der Waals surface area contributed by atoms with Crippen LogP contribution in [-0.2, 0) is 12.2 Å². The second-order valence-electron chi connectivity index (χ2n) is 5.15. The van der Waals surface area contributed by atoms with Crippen molar-refractivity contribution >= 4 is 0 Å². The van der Waals surface area contributed by atoms with Crippen LogP contribution in [0.2, 0.25) is 0 Å². The highest BCUT2D eigenvalue weighted by Crippen LogP contribution is 2.36. The van der Waals surface area contributed by atoms with Crippen molar-refractivity contribution in [2.45, 2.75) is 18.6 Å². The Balaban J connectivity index is 1.70. The topological polar surface area (TPSA) is 16.1 Å². The molecule has 0 saturated carbocycles. The molecule has 0 radical (unpaired) electrons. The fraction of sp³-hybridized carbons (Fsp3) is 0.312. The Hall–Kier alpha value is -1.74. The van der Waals surface area contributed by atoms with E-state index in [1.807, 2.05) is 18.2 Å². The monoisotopic (exact) mass is 256 g/mol. The molecule has 1 atom stereocenters. The van der Waals surface area contributed by atoms with Gasteiger partial charge in [-0.1, -0.05) is 30.3 Å². The van der Waals surface area contributed by atoms with Gasteiger partial charge in [0.25, 0.3) is 0 Å². The standard InChI is InChI=1S/C16H17FN2/c17-16(15-6-9-18-10-7-15)8-11-19(13-16)12-14-4-2-1-3-5-14/h1-7,9-10H,8,11-13H2/t16-/m0/s1. The quantitative estimate of drug-likeness (QED) is 0.838. The third-order valence-electron chi connectivity index (χ3n) is 3.75. The highest BCUT2D eigenvalue weighted by molar-refractivity contribution is 5.22. The molecule has 19 heavy (non-hydrogen) atoms. The number of likely N-dealkylation sites (tertiary alicyclic amines) is 1. The summed E-state index contributed by atoms with van der Waals surface area (Å²) in [5.74, 6) is 0. The minimum atomic E-state index is -1.22. The molecule has 0 bridgehead atoms. The Morgan fingerprint density at radius 3 is 2.58 bits per heavy atom. The molecule has 2 heterocycles. The van der Waals surface area contributed by atoms with Gasteiger partial charge in [0.05, 0.1) is 0 Å². The van der Waals surface area contributed by atoms with Crippen LogP contribution in [0.4, 0.5) is 4.39 Å². The second kappa shape index (κ2) is 5.10. The van der Waals surface area contributed by atoms with E-state index in [4.69, 9.17) is 0 Å². The zero-order chi connectivity index (χ0) is 13.1. The first-order valence-corrected chi connectivity index (χ1v) is 6.62. The number of hydrogen-bond donors (Lipinski definition) is 0. The Morgan fingerprint density at radius 2 is 1.84 bits per heavy atom. The highest BCUT2D eigenvalue weighted by atomic mass is 19.1. The molecule has 2 aromatic rings. The molecule has 2 nitrogen and oxygen atoms in total. The van der Waals surface area contributed by atoms with Crippen LogP contribution in [0, 0.1) is 0 Å². The Morgan fingerprint density at radius 1 is 1.11 bits per heavy atom. The molecule has 3 heteroatoms. The summed E-state index contributed by atoms with van der Waals surface area (Å²) in [4.78, 5) is 6.13. The lowest BCUT2D eigenvalue weighted by atomic mass is 9.96. The fourth-order valence-corrected chi connectivity index (χ4v) is 2.71. The molecule has 0 aliphatic carbocycles. The maximum atomic E-state index is 14.9. The number of rotatable bonds is 3. The highest BCUT2D eigenvalue weighted by Gasteiger charge is 2.39. The smallest absolute Gasteiger partial charge is 0.149 e. The fourth-order valence-electron chi connectivity index (χ4n) is 2.71. The van der Waals surface area contributed by atoms with Gasteiger partial charge in [0.1, 0.15) is 5.67 Å². The van der Waals surface area contributed by atoms with Gasteiger partial charge in [-0.25, -0.2) is 4.39 Å². The molecule has 1 aliphatic rings. The number of halogens is 1. The van der Waals surface area contributed by atoms with E-state index in [2.05, 4.69) is 22.0 Å². The van der Waals surface area contributed by atoms with E-state index < -0.39 is 5.67 Å². The van der Waals surface area contributed by atoms with Gasteiger partial charge in [-0.2, -0.15) is 0 Å². The zero-order valence-electron chi connectivity index (χ0n) is 10.8. The van der Waals surface area contributed by atoms with Crippen molar-refractivity contribution in [2.75, 3.05) is 13.1 Å². The zero-order valence-corrected chi connectivity index (χ0v) is 10.8. The van der Waals surface area contributed by atoms with Gasteiger partial charge in [0, 0.05) is 32.0 Å². The summed E-state index contributed by atoms with van der Waals surface area (Å²) >= 11 is 0. The van der Waals surface area contributed by atoms with E-state index in [0.29, 0.717) is 13.0 Å². The summed E-state index contributed by atoms with van der Waals surface area (Å²) in [5.41, 5.74) is 0.761. The summed E-state index contributed by atoms with van der Waals surface area (Å²) in [6.45, 7) is 2.08. The number of nitrogens with zero attached hydrogens (tertiary/aromatic N) is 2. The van der Waals surface area contributed by atoms with Crippen LogP contribution in [0.5, 0.6) is 0 Å². The lowest BCUT2D eigenvalue weighted by Gasteiger charge is -2.21. The Kier molecular flexibility index (Phi) is 3.30. The van der Waals surface area contributed by atoms with Crippen LogP contribution in [0.15, 0.2) is 54.9 Å². The second-order valence-corrected chi connectivity index (χ2v) is 5.15. The van der Waals surface area contributed by atoms with E-state index >= 15 is 0 Å². The van der Waals surface area contributed by atoms with E-state index in [0.717, 1.165) is 18.7 Å². The van der Waals surface area contributed by atoms with Crippen LogP contribution in [0.3, 0.4) is 0 Å². The number of hydrogen-bond acceptors (Lipinski definition) is 2. The molecule has 1 fully saturated rings. The van der Waals surface area contributed by atoms with Crippen LogP contribution in [0.1, 0.15) is 17.5 Å². The largest absolute Gasteiger partial charge is 0.295 e. The van der Waals surface area contributed by atoms with Crippen molar-refractivity contribution in [1.82, 2.24) is 9.88 Å². The molecule has 1 aromatic heterocycles. The molecule has 0 N–H and O–H groups in total. The van der Waals surface area contributed by atoms with Crippen molar-refractivity contribution < 1.29 is 4.39 Å². The molecule has 0 amide bonds. The first-order valence-electron chi connectivity index (χ1n) is 6.62. The summed E-state index contributed by atoms with van der Waals surface area (Å²) < 4.78 is 14.9. The third kappa shape index (κ3) is 2.66. The SMILES string of the molecule is F[C@@]1(c2ccncc2)CCN(Cc2ccccc2)C1. The van der Waals surface area contributed by atoms with Crippen molar-refractivity contribution in [3.63, 3.8) is 0 Å². The minimum Gasteiger partial charge on any atom is -0.295 e. The maximum absolute atomic E-state index is 14.9. The third-order valence-corrected chi connectivity index (χ3v) is 3.75. The molecule has 3 rings (SSSR count). The molecule has 1 aliphatic heterocycles. The average molecular weight is 256 g/mol. The molecule has 98 valence electrons. The van der Waals surface area contributed by atoms with E-state index in [9.17, 15) is 4.39 Å². The summed E-state index contributed by atoms with van der Waals surface area (Å²) in [7, 11) is 0. The lowest BCUT2D eigenvalue weighted by molar-refractivity contribution is 0.164. The number of benzene rings is 1. The lowest BCUT2D eigenvalue weighted by Crippen LogP contribution is -2.26. The van der Waals surface area contributed by atoms with Gasteiger partial charge in [0.15, 0.2) is 0 Å². The first-order chi connectivity index (χ1) is 9.26. The van der Waals surface area contributed by atoms with E-state index in [1.54, 1.807) is 24.5 Å². The molecule has 1 aromatic carbocycles. The molecule has 0 unspecified atom stereocenters. The maximum Gasteiger partial charge on any atom is 0.149 e. The first kappa shape index (κ1) is 12.3. The van der Waals surface area contributed by atoms with Crippen LogP contribution < -0.4 is 0 Å². The van der Waals surface area contributed by atoms with Gasteiger partial charge in [-0.3, -0.25) is 9.88 Å². The van der Waals surface area contributed by atoms with Crippen molar-refractivity contribution in [3.8, 4) is 0 Å². The van der Waals surface area contributed by atoms with Gasteiger partial charge in [-0.15, -0.1) is 0 Å². The minimum absolute atomic E-state index is 0.464. The van der Waals surface area contributed by atoms with Crippen LogP contribution in [0.25, 0.3) is 0 Å². The van der Waals surface area contributed by atoms with Crippen LogP contribution in [-0.4, -0.2) is 23.0 Å². The van der Waals surface area contributed by atoms with E-state index in [1.165, 1.54) is 5.56 Å². The van der Waals surface area contributed by atoms with E-state index in [-0.39, 0.29) is 0 Å². The molecular formula is C16H17FN2. The van der Waals surface area contributed by atoms with Crippen LogP contribution >= 0.6 is 0 Å². The number of alkyl halides is 1. The molecule has 1 saturated heterocycles. The average Bonchev–Trinajstić information content (AvgIpc) is 2.84.